The van der Waals surface area contributed by atoms with E-state index in [-0.39, 0.29) is 18.5 Å². The van der Waals surface area contributed by atoms with Gasteiger partial charge in [-0.05, 0) is 49.2 Å². The van der Waals surface area contributed by atoms with Crippen LogP contribution in [0.2, 0.25) is 0 Å². The Morgan fingerprint density at radius 1 is 1.19 bits per heavy atom. The van der Waals surface area contributed by atoms with Gasteiger partial charge in [0, 0.05) is 16.2 Å². The minimum atomic E-state index is -0.0374. The number of carbonyl (C=O) groups is 1. The lowest BCUT2D eigenvalue weighted by Crippen LogP contribution is -2.30. The van der Waals surface area contributed by atoms with Crippen molar-refractivity contribution < 1.29 is 4.79 Å². The van der Waals surface area contributed by atoms with E-state index in [2.05, 4.69) is 26.6 Å². The molecule has 0 aliphatic rings. The number of hydrogen-bond acceptors (Lipinski definition) is 2. The molecule has 0 aromatic heterocycles. The van der Waals surface area contributed by atoms with Crippen LogP contribution >= 0.6 is 15.9 Å². The zero-order valence-corrected chi connectivity index (χ0v) is 13.8. The third kappa shape index (κ3) is 4.99. The second-order valence-corrected chi connectivity index (χ2v) is 5.99. The summed E-state index contributed by atoms with van der Waals surface area (Å²) < 4.78 is 1.05. The van der Waals surface area contributed by atoms with E-state index >= 15 is 0 Å². The molecule has 3 nitrogen and oxygen atoms in total. The number of amides is 1. The van der Waals surface area contributed by atoms with E-state index in [9.17, 15) is 4.79 Å². The van der Waals surface area contributed by atoms with Gasteiger partial charge in [0.05, 0.1) is 6.54 Å². The summed E-state index contributed by atoms with van der Waals surface area (Å²) in [6.45, 7) is 4.33. The summed E-state index contributed by atoms with van der Waals surface area (Å²) >= 11 is 3.42. The summed E-state index contributed by atoms with van der Waals surface area (Å²) in [6.07, 6.45) is 0. The van der Waals surface area contributed by atoms with Crippen molar-refractivity contribution in [1.82, 2.24) is 5.32 Å². The van der Waals surface area contributed by atoms with E-state index < -0.39 is 0 Å². The van der Waals surface area contributed by atoms with Gasteiger partial charge in [0.2, 0.25) is 5.91 Å². The number of anilines is 1. The molecule has 21 heavy (non-hydrogen) atoms. The van der Waals surface area contributed by atoms with E-state index in [4.69, 9.17) is 0 Å². The quantitative estimate of drug-likeness (QED) is 0.857. The van der Waals surface area contributed by atoms with Gasteiger partial charge in [-0.15, -0.1) is 0 Å². The van der Waals surface area contributed by atoms with Crippen LogP contribution < -0.4 is 10.6 Å². The number of aryl methyl sites for hydroxylation is 1. The molecule has 1 amide bonds. The summed E-state index contributed by atoms with van der Waals surface area (Å²) in [7, 11) is 0. The SMILES string of the molecule is Cc1cccc(NC(=O)CNC(C)c2ccc(Br)cc2)c1. The molecule has 110 valence electrons. The average molecular weight is 347 g/mol. The monoisotopic (exact) mass is 346 g/mol. The first-order chi connectivity index (χ1) is 10.0. The van der Waals surface area contributed by atoms with Gasteiger partial charge < -0.3 is 10.6 Å². The Kier molecular flexibility index (Phi) is 5.53. The highest BCUT2D eigenvalue weighted by Gasteiger charge is 2.08. The van der Waals surface area contributed by atoms with E-state index in [0.29, 0.717) is 0 Å². The first kappa shape index (κ1) is 15.7. The molecule has 2 aromatic rings. The van der Waals surface area contributed by atoms with Gasteiger partial charge in [-0.3, -0.25) is 4.79 Å². The molecule has 1 unspecified atom stereocenters. The van der Waals surface area contributed by atoms with Crippen molar-refractivity contribution in [3.8, 4) is 0 Å². The fourth-order valence-corrected chi connectivity index (χ4v) is 2.31. The highest BCUT2D eigenvalue weighted by Crippen LogP contribution is 2.16. The maximum atomic E-state index is 11.9. The Hall–Kier alpha value is -1.65. The maximum Gasteiger partial charge on any atom is 0.238 e. The first-order valence-corrected chi connectivity index (χ1v) is 7.69. The van der Waals surface area contributed by atoms with Crippen LogP contribution in [0.4, 0.5) is 5.69 Å². The van der Waals surface area contributed by atoms with Crippen LogP contribution in [0.25, 0.3) is 0 Å². The Balaban J connectivity index is 1.84. The average Bonchev–Trinajstić information content (AvgIpc) is 2.45. The predicted octanol–water partition coefficient (Wildman–Crippen LogP) is 4.05. The Bertz CT molecular complexity index is 610. The van der Waals surface area contributed by atoms with Crippen LogP contribution in [0.5, 0.6) is 0 Å². The molecular formula is C17H19BrN2O. The maximum absolute atomic E-state index is 11.9. The molecular weight excluding hydrogens is 328 g/mol. The van der Waals surface area contributed by atoms with Crippen molar-refractivity contribution in [2.24, 2.45) is 0 Å². The molecule has 1 atom stereocenters. The van der Waals surface area contributed by atoms with Crippen LogP contribution in [0.1, 0.15) is 24.1 Å². The first-order valence-electron chi connectivity index (χ1n) is 6.90. The van der Waals surface area contributed by atoms with Gasteiger partial charge in [-0.1, -0.05) is 40.2 Å². The van der Waals surface area contributed by atoms with E-state index in [1.807, 2.05) is 62.4 Å². The number of benzene rings is 2. The minimum absolute atomic E-state index is 0.0374. The molecule has 2 aromatic carbocycles. The normalized spacial score (nSPS) is 12.0. The van der Waals surface area contributed by atoms with Crippen LogP contribution in [0.3, 0.4) is 0 Å². The van der Waals surface area contributed by atoms with Crippen molar-refractivity contribution >= 4 is 27.5 Å². The molecule has 0 radical (unpaired) electrons. The van der Waals surface area contributed by atoms with Gasteiger partial charge >= 0.3 is 0 Å². The van der Waals surface area contributed by atoms with Crippen molar-refractivity contribution in [3.05, 3.63) is 64.1 Å². The minimum Gasteiger partial charge on any atom is -0.325 e. The number of nitrogens with one attached hydrogen (secondary N) is 2. The van der Waals surface area contributed by atoms with Crippen LogP contribution in [-0.2, 0) is 4.79 Å². The molecule has 0 fully saturated rings. The summed E-state index contributed by atoms with van der Waals surface area (Å²) in [5.41, 5.74) is 3.11. The van der Waals surface area contributed by atoms with Crippen molar-refractivity contribution in [2.75, 3.05) is 11.9 Å². The number of carbonyl (C=O) groups excluding carboxylic acids is 1. The molecule has 4 heteroatoms. The molecule has 2 rings (SSSR count). The number of halogens is 1. The summed E-state index contributed by atoms with van der Waals surface area (Å²) in [6, 6.07) is 16.0. The lowest BCUT2D eigenvalue weighted by Gasteiger charge is -2.14. The van der Waals surface area contributed by atoms with Crippen LogP contribution in [-0.4, -0.2) is 12.5 Å². The topological polar surface area (TPSA) is 41.1 Å². The highest BCUT2D eigenvalue weighted by atomic mass is 79.9. The molecule has 0 spiro atoms. The number of hydrogen-bond donors (Lipinski definition) is 2. The molecule has 2 N–H and O–H groups in total. The van der Waals surface area contributed by atoms with Gasteiger partial charge in [0.25, 0.3) is 0 Å². The molecule has 0 aliphatic heterocycles. The fraction of sp³-hybridized carbons (Fsp3) is 0.235. The fourth-order valence-electron chi connectivity index (χ4n) is 2.04. The number of rotatable bonds is 5. The molecule has 0 saturated heterocycles. The highest BCUT2D eigenvalue weighted by molar-refractivity contribution is 9.10. The molecule has 0 heterocycles. The smallest absolute Gasteiger partial charge is 0.238 e. The Morgan fingerprint density at radius 2 is 1.90 bits per heavy atom. The summed E-state index contributed by atoms with van der Waals surface area (Å²) in [5.74, 6) is -0.0374. The van der Waals surface area contributed by atoms with E-state index in [0.717, 1.165) is 21.3 Å². The molecule has 0 bridgehead atoms. The largest absolute Gasteiger partial charge is 0.325 e. The van der Waals surface area contributed by atoms with Gasteiger partial charge in [-0.25, -0.2) is 0 Å². The summed E-state index contributed by atoms with van der Waals surface area (Å²) in [4.78, 5) is 11.9. The van der Waals surface area contributed by atoms with Gasteiger partial charge in [0.1, 0.15) is 0 Å². The Morgan fingerprint density at radius 3 is 2.57 bits per heavy atom. The van der Waals surface area contributed by atoms with Gasteiger partial charge in [0.15, 0.2) is 0 Å². The molecule has 0 aliphatic carbocycles. The van der Waals surface area contributed by atoms with E-state index in [1.54, 1.807) is 0 Å². The van der Waals surface area contributed by atoms with Crippen molar-refractivity contribution in [2.45, 2.75) is 19.9 Å². The second-order valence-electron chi connectivity index (χ2n) is 5.07. The predicted molar refractivity (Wildman–Crippen MR) is 90.4 cm³/mol. The third-order valence-corrected chi connectivity index (χ3v) is 3.77. The van der Waals surface area contributed by atoms with Crippen LogP contribution in [0, 0.1) is 6.92 Å². The summed E-state index contributed by atoms with van der Waals surface area (Å²) in [5, 5.41) is 6.12. The third-order valence-electron chi connectivity index (χ3n) is 3.24. The van der Waals surface area contributed by atoms with Crippen molar-refractivity contribution in [1.29, 1.82) is 0 Å². The van der Waals surface area contributed by atoms with E-state index in [1.165, 1.54) is 0 Å². The molecule has 0 saturated carbocycles. The Labute approximate surface area is 133 Å². The van der Waals surface area contributed by atoms with Crippen LogP contribution in [0.15, 0.2) is 53.0 Å². The standard InChI is InChI=1S/C17H19BrN2O/c1-12-4-3-5-16(10-12)20-17(21)11-19-13(2)14-6-8-15(18)9-7-14/h3-10,13,19H,11H2,1-2H3,(H,20,21). The zero-order chi connectivity index (χ0) is 15.2. The lowest BCUT2D eigenvalue weighted by molar-refractivity contribution is -0.115. The van der Waals surface area contributed by atoms with Crippen molar-refractivity contribution in [3.63, 3.8) is 0 Å². The lowest BCUT2D eigenvalue weighted by atomic mass is 10.1. The second kappa shape index (κ2) is 7.38. The zero-order valence-electron chi connectivity index (χ0n) is 12.2. The van der Waals surface area contributed by atoms with Gasteiger partial charge in [-0.2, -0.15) is 0 Å².